The third kappa shape index (κ3) is 3.75. The van der Waals surface area contributed by atoms with Crippen molar-refractivity contribution in [3.05, 3.63) is 69.0 Å². The molecule has 1 heterocycles. The first-order valence-corrected chi connectivity index (χ1v) is 9.66. The Hall–Kier alpha value is -2.44. The fraction of sp³-hybridized carbons (Fsp3) is 0.300. The zero-order chi connectivity index (χ0) is 20.4. The molecule has 0 aliphatic carbocycles. The van der Waals surface area contributed by atoms with Gasteiger partial charge >= 0.3 is 0 Å². The summed E-state index contributed by atoms with van der Waals surface area (Å²) in [7, 11) is 1.73. The molecule has 0 fully saturated rings. The molecule has 1 unspecified atom stereocenters. The molecule has 2 aromatic carbocycles. The summed E-state index contributed by atoms with van der Waals surface area (Å²) in [5, 5.41) is 13.4. The summed E-state index contributed by atoms with van der Waals surface area (Å²) in [6.07, 6.45) is 0.350. The van der Waals surface area contributed by atoms with Crippen LogP contribution in [0.25, 0.3) is 5.69 Å². The number of benzene rings is 2. The summed E-state index contributed by atoms with van der Waals surface area (Å²) >= 11 is 12.6. The fourth-order valence-electron chi connectivity index (χ4n) is 3.30. The van der Waals surface area contributed by atoms with E-state index in [-0.39, 0.29) is 5.91 Å². The molecule has 28 heavy (non-hydrogen) atoms. The highest BCUT2D eigenvalue weighted by Gasteiger charge is 2.31. The Kier molecular flexibility index (Phi) is 6.01. The molecule has 0 bridgehead atoms. The summed E-state index contributed by atoms with van der Waals surface area (Å²) in [5.74, 6) is 0.456. The predicted molar refractivity (Wildman–Crippen MR) is 110 cm³/mol. The normalized spacial score (nSPS) is 12.1. The van der Waals surface area contributed by atoms with Crippen LogP contribution >= 0.6 is 23.2 Å². The van der Waals surface area contributed by atoms with Gasteiger partial charge in [-0.2, -0.15) is 4.68 Å². The third-order valence-electron chi connectivity index (χ3n) is 4.73. The van der Waals surface area contributed by atoms with Gasteiger partial charge in [-0.3, -0.25) is 4.79 Å². The van der Waals surface area contributed by atoms with Gasteiger partial charge in [0.15, 0.2) is 5.82 Å². The average Bonchev–Trinajstić information content (AvgIpc) is 3.11. The second-order valence-electron chi connectivity index (χ2n) is 6.62. The van der Waals surface area contributed by atoms with Crippen molar-refractivity contribution >= 4 is 29.1 Å². The van der Waals surface area contributed by atoms with Crippen molar-refractivity contribution in [2.45, 2.75) is 33.2 Å². The lowest BCUT2D eigenvalue weighted by molar-refractivity contribution is -0.131. The highest BCUT2D eigenvalue weighted by Crippen LogP contribution is 2.34. The van der Waals surface area contributed by atoms with Crippen LogP contribution in [0.3, 0.4) is 0 Å². The standard InChI is InChI=1S/C20H21Cl2N5O/c1-5-17(28)26(4)19(15-10-9-14(21)11-16(15)22)20-23-24-25-27(20)18-12(2)7-6-8-13(18)3/h6-11,19H,5H2,1-4H3. The largest absolute Gasteiger partial charge is 0.331 e. The quantitative estimate of drug-likeness (QED) is 0.610. The van der Waals surface area contributed by atoms with Gasteiger partial charge < -0.3 is 4.90 Å². The summed E-state index contributed by atoms with van der Waals surface area (Å²) in [6, 6.07) is 10.6. The van der Waals surface area contributed by atoms with Crippen molar-refractivity contribution in [2.75, 3.05) is 7.05 Å². The molecule has 8 heteroatoms. The number of tetrazole rings is 1. The maximum atomic E-state index is 12.6. The number of carbonyl (C=O) groups is 1. The van der Waals surface area contributed by atoms with Gasteiger partial charge in [-0.25, -0.2) is 0 Å². The molecule has 3 rings (SSSR count). The van der Waals surface area contributed by atoms with E-state index in [1.54, 1.807) is 34.8 Å². The Balaban J connectivity index is 2.23. The minimum Gasteiger partial charge on any atom is -0.331 e. The summed E-state index contributed by atoms with van der Waals surface area (Å²) in [6.45, 7) is 5.81. The zero-order valence-electron chi connectivity index (χ0n) is 16.1. The van der Waals surface area contributed by atoms with Crippen molar-refractivity contribution in [1.29, 1.82) is 0 Å². The highest BCUT2D eigenvalue weighted by molar-refractivity contribution is 6.35. The molecular weight excluding hydrogens is 397 g/mol. The van der Waals surface area contributed by atoms with Gasteiger partial charge in [-0.05, 0) is 47.5 Å². The molecule has 0 N–H and O–H groups in total. The molecule has 1 atom stereocenters. The molecule has 6 nitrogen and oxygen atoms in total. The predicted octanol–water partition coefficient (Wildman–Crippen LogP) is 4.54. The Morgan fingerprint density at radius 2 is 1.86 bits per heavy atom. The van der Waals surface area contributed by atoms with Crippen LogP contribution in [0.5, 0.6) is 0 Å². The van der Waals surface area contributed by atoms with Crippen molar-refractivity contribution in [3.63, 3.8) is 0 Å². The second kappa shape index (κ2) is 8.29. The molecule has 0 saturated heterocycles. The number of hydrogen-bond acceptors (Lipinski definition) is 4. The van der Waals surface area contributed by atoms with E-state index in [0.29, 0.717) is 27.9 Å². The topological polar surface area (TPSA) is 63.9 Å². The Morgan fingerprint density at radius 1 is 1.18 bits per heavy atom. The van der Waals surface area contributed by atoms with Gasteiger partial charge in [0, 0.05) is 29.1 Å². The van der Waals surface area contributed by atoms with Crippen molar-refractivity contribution in [3.8, 4) is 5.69 Å². The van der Waals surface area contributed by atoms with Crippen molar-refractivity contribution in [1.82, 2.24) is 25.1 Å². The van der Waals surface area contributed by atoms with Gasteiger partial charge in [0.25, 0.3) is 0 Å². The number of rotatable bonds is 5. The van der Waals surface area contributed by atoms with E-state index >= 15 is 0 Å². The first kappa shape index (κ1) is 20.3. The van der Waals surface area contributed by atoms with E-state index < -0.39 is 6.04 Å². The molecular formula is C20H21Cl2N5O. The lowest BCUT2D eigenvalue weighted by Gasteiger charge is -2.28. The number of hydrogen-bond donors (Lipinski definition) is 0. The molecule has 0 radical (unpaired) electrons. The van der Waals surface area contributed by atoms with Crippen LogP contribution in [-0.4, -0.2) is 38.1 Å². The number of nitrogens with zero attached hydrogens (tertiary/aromatic N) is 5. The summed E-state index contributed by atoms with van der Waals surface area (Å²) in [4.78, 5) is 14.2. The molecule has 3 aromatic rings. The molecule has 0 aliphatic heterocycles. The van der Waals surface area contributed by atoms with E-state index in [9.17, 15) is 4.79 Å². The average molecular weight is 418 g/mol. The minimum atomic E-state index is -0.564. The summed E-state index contributed by atoms with van der Waals surface area (Å²) in [5.41, 5.74) is 3.64. The monoisotopic (exact) mass is 417 g/mol. The SMILES string of the molecule is CCC(=O)N(C)C(c1ccc(Cl)cc1Cl)c1nnnn1-c1c(C)cccc1C. The van der Waals surface area contributed by atoms with Gasteiger partial charge in [0.1, 0.15) is 6.04 Å². The second-order valence-corrected chi connectivity index (χ2v) is 7.46. The van der Waals surface area contributed by atoms with E-state index in [2.05, 4.69) is 15.5 Å². The van der Waals surface area contributed by atoms with Crippen LogP contribution in [-0.2, 0) is 4.79 Å². The number of aryl methyl sites for hydroxylation is 2. The van der Waals surface area contributed by atoms with Gasteiger partial charge in [0.2, 0.25) is 5.91 Å². The van der Waals surface area contributed by atoms with E-state index in [1.165, 1.54) is 0 Å². The Labute approximate surface area is 174 Å². The van der Waals surface area contributed by atoms with Crippen LogP contribution in [0.4, 0.5) is 0 Å². The van der Waals surface area contributed by atoms with Crippen LogP contribution < -0.4 is 0 Å². The molecule has 1 amide bonds. The Bertz CT molecular complexity index is 997. The number of para-hydroxylation sites is 1. The Morgan fingerprint density at radius 3 is 2.46 bits per heavy atom. The number of halogens is 2. The van der Waals surface area contributed by atoms with Crippen molar-refractivity contribution in [2.24, 2.45) is 0 Å². The molecule has 1 aromatic heterocycles. The smallest absolute Gasteiger partial charge is 0.222 e. The maximum absolute atomic E-state index is 12.6. The zero-order valence-corrected chi connectivity index (χ0v) is 17.7. The van der Waals surface area contributed by atoms with E-state index in [4.69, 9.17) is 23.2 Å². The molecule has 146 valence electrons. The maximum Gasteiger partial charge on any atom is 0.222 e. The molecule has 0 saturated carbocycles. The summed E-state index contributed by atoms with van der Waals surface area (Å²) < 4.78 is 1.68. The van der Waals surface area contributed by atoms with Crippen molar-refractivity contribution < 1.29 is 4.79 Å². The van der Waals surface area contributed by atoms with Gasteiger partial charge in [-0.15, -0.1) is 5.10 Å². The lowest BCUT2D eigenvalue weighted by Crippen LogP contribution is -2.33. The van der Waals surface area contributed by atoms with Gasteiger partial charge in [0.05, 0.1) is 5.69 Å². The van der Waals surface area contributed by atoms with Crippen LogP contribution in [0.15, 0.2) is 36.4 Å². The highest BCUT2D eigenvalue weighted by atomic mass is 35.5. The lowest BCUT2D eigenvalue weighted by atomic mass is 10.0. The van der Waals surface area contributed by atoms with E-state index in [0.717, 1.165) is 16.8 Å². The molecule has 0 aliphatic rings. The minimum absolute atomic E-state index is 0.0490. The number of carbonyl (C=O) groups excluding carboxylic acids is 1. The van der Waals surface area contributed by atoms with E-state index in [1.807, 2.05) is 39.0 Å². The first-order valence-electron chi connectivity index (χ1n) is 8.90. The van der Waals surface area contributed by atoms with Crippen LogP contribution in [0, 0.1) is 13.8 Å². The number of amides is 1. The number of aromatic nitrogens is 4. The first-order chi connectivity index (χ1) is 13.3. The molecule has 0 spiro atoms. The fourth-order valence-corrected chi connectivity index (χ4v) is 3.81. The van der Waals surface area contributed by atoms with Crippen LogP contribution in [0.2, 0.25) is 10.0 Å². The van der Waals surface area contributed by atoms with Gasteiger partial charge in [-0.1, -0.05) is 54.4 Å². The third-order valence-corrected chi connectivity index (χ3v) is 5.29. The van der Waals surface area contributed by atoms with Crippen LogP contribution in [0.1, 0.15) is 41.9 Å².